The summed E-state index contributed by atoms with van der Waals surface area (Å²) in [6.07, 6.45) is -0.124. The average molecular weight is 440 g/mol. The molecule has 0 aromatic heterocycles. The van der Waals surface area contributed by atoms with E-state index >= 15 is 0 Å². The van der Waals surface area contributed by atoms with Crippen molar-refractivity contribution in [3.05, 3.63) is 35.6 Å². The van der Waals surface area contributed by atoms with Crippen LogP contribution in [0.4, 0.5) is 4.39 Å². The lowest BCUT2D eigenvalue weighted by molar-refractivity contribution is -0.163. The second-order valence-electron chi connectivity index (χ2n) is 6.79. The number of aliphatic carboxylic acids is 1. The van der Waals surface area contributed by atoms with Crippen LogP contribution in [0.2, 0.25) is 0 Å². The van der Waals surface area contributed by atoms with E-state index in [1.165, 1.54) is 31.2 Å². The number of carbonyl (C=O) groups excluding carboxylic acids is 4. The number of methoxy groups -OCH3 is 2. The molecule has 0 aliphatic rings. The molecule has 3 N–H and O–H groups in total. The van der Waals surface area contributed by atoms with Crippen molar-refractivity contribution in [2.75, 3.05) is 14.2 Å². The normalized spacial score (nSPS) is 13.5. The van der Waals surface area contributed by atoms with Gasteiger partial charge in [-0.3, -0.25) is 19.2 Å². The summed E-state index contributed by atoms with van der Waals surface area (Å²) in [5, 5.41) is 14.2. The van der Waals surface area contributed by atoms with Gasteiger partial charge in [0.15, 0.2) is 5.92 Å². The topological polar surface area (TPSA) is 148 Å². The molecular weight excluding hydrogens is 415 g/mol. The lowest BCUT2D eigenvalue weighted by Crippen LogP contribution is -2.56. The Morgan fingerprint density at radius 1 is 1.06 bits per heavy atom. The van der Waals surface area contributed by atoms with Crippen molar-refractivity contribution in [2.45, 2.75) is 32.4 Å². The largest absolute Gasteiger partial charge is 0.480 e. The lowest BCUT2D eigenvalue weighted by atomic mass is 9.87. The van der Waals surface area contributed by atoms with Crippen LogP contribution in [-0.4, -0.2) is 61.1 Å². The summed E-state index contributed by atoms with van der Waals surface area (Å²) < 4.78 is 22.5. The fraction of sp³-hybridized carbons (Fsp3) is 0.450. The molecule has 10 nitrogen and oxygen atoms in total. The van der Waals surface area contributed by atoms with Gasteiger partial charge >= 0.3 is 17.9 Å². The summed E-state index contributed by atoms with van der Waals surface area (Å²) in [5.41, 5.74) is 0.385. The quantitative estimate of drug-likeness (QED) is 0.341. The maximum Gasteiger partial charge on any atom is 0.326 e. The molecule has 11 heteroatoms. The van der Waals surface area contributed by atoms with Crippen molar-refractivity contribution in [3.8, 4) is 0 Å². The summed E-state index contributed by atoms with van der Waals surface area (Å²) in [6, 6.07) is 2.41. The predicted molar refractivity (Wildman–Crippen MR) is 104 cm³/mol. The molecule has 170 valence electrons. The van der Waals surface area contributed by atoms with E-state index < -0.39 is 59.5 Å². The van der Waals surface area contributed by atoms with Crippen LogP contribution in [-0.2, 0) is 39.9 Å². The Bertz CT molecular complexity index is 828. The van der Waals surface area contributed by atoms with Gasteiger partial charge in [0.05, 0.1) is 14.2 Å². The molecule has 1 aromatic rings. The van der Waals surface area contributed by atoms with Crippen molar-refractivity contribution in [1.82, 2.24) is 10.6 Å². The van der Waals surface area contributed by atoms with Gasteiger partial charge in [0.2, 0.25) is 11.8 Å². The average Bonchev–Trinajstić information content (AvgIpc) is 2.70. The Morgan fingerprint density at radius 2 is 1.65 bits per heavy atom. The van der Waals surface area contributed by atoms with Gasteiger partial charge in [-0.05, 0) is 17.7 Å². The standard InChI is InChI=1S/C20H25FN2O8/c1-10(15(19(28)30-3)20(29)31-4)16(18(26)27)23-17(25)14(22-11(2)24)9-12-6-5-7-13(21)8-12/h5-8,10,14-16H,9H2,1-4H3,(H,22,24)(H,23,25)(H,26,27)/t10-,14+,16+/m1/s1. The highest BCUT2D eigenvalue weighted by atomic mass is 19.1. The smallest absolute Gasteiger partial charge is 0.326 e. The Morgan fingerprint density at radius 3 is 2.10 bits per heavy atom. The molecule has 3 atom stereocenters. The number of carboxylic acids is 1. The third kappa shape index (κ3) is 7.36. The zero-order valence-electron chi connectivity index (χ0n) is 17.5. The first kappa shape index (κ1) is 25.5. The summed E-state index contributed by atoms with van der Waals surface area (Å²) in [5.74, 6) is -8.46. The van der Waals surface area contributed by atoms with Gasteiger partial charge in [-0.25, -0.2) is 9.18 Å². The van der Waals surface area contributed by atoms with Crippen LogP contribution in [0.5, 0.6) is 0 Å². The highest BCUT2D eigenvalue weighted by molar-refractivity contribution is 5.97. The van der Waals surface area contributed by atoms with Crippen LogP contribution < -0.4 is 10.6 Å². The second-order valence-corrected chi connectivity index (χ2v) is 6.79. The first-order chi connectivity index (χ1) is 14.5. The third-order valence-electron chi connectivity index (χ3n) is 4.55. The van der Waals surface area contributed by atoms with Gasteiger partial charge in [-0.1, -0.05) is 19.1 Å². The number of esters is 2. The minimum Gasteiger partial charge on any atom is -0.480 e. The molecule has 0 fully saturated rings. The van der Waals surface area contributed by atoms with Crippen LogP contribution in [0.1, 0.15) is 19.4 Å². The predicted octanol–water partition coefficient (Wildman–Crippen LogP) is 0.0406. The molecule has 0 heterocycles. The molecule has 0 saturated heterocycles. The third-order valence-corrected chi connectivity index (χ3v) is 4.55. The van der Waals surface area contributed by atoms with Crippen molar-refractivity contribution < 1.29 is 42.9 Å². The number of carboxylic acid groups (broad SMARTS) is 1. The van der Waals surface area contributed by atoms with Gasteiger partial charge in [0.25, 0.3) is 0 Å². The Balaban J connectivity index is 3.14. The summed E-state index contributed by atoms with van der Waals surface area (Å²) >= 11 is 0. The highest BCUT2D eigenvalue weighted by Crippen LogP contribution is 2.20. The van der Waals surface area contributed by atoms with Crippen molar-refractivity contribution in [2.24, 2.45) is 11.8 Å². The van der Waals surface area contributed by atoms with E-state index in [0.717, 1.165) is 21.1 Å². The zero-order chi connectivity index (χ0) is 23.7. The van der Waals surface area contributed by atoms with Crippen molar-refractivity contribution >= 4 is 29.7 Å². The number of rotatable bonds is 10. The van der Waals surface area contributed by atoms with Gasteiger partial charge in [0.1, 0.15) is 17.9 Å². The number of hydrogen-bond donors (Lipinski definition) is 3. The molecule has 31 heavy (non-hydrogen) atoms. The lowest BCUT2D eigenvalue weighted by Gasteiger charge is -2.27. The Hall–Kier alpha value is -3.50. The van der Waals surface area contributed by atoms with E-state index in [0.29, 0.717) is 5.56 Å². The van der Waals surface area contributed by atoms with Gasteiger partial charge < -0.3 is 25.2 Å². The molecule has 1 aromatic carbocycles. The molecule has 0 aliphatic carbocycles. The van der Waals surface area contributed by atoms with E-state index in [-0.39, 0.29) is 6.42 Å². The molecule has 0 radical (unpaired) electrons. The van der Waals surface area contributed by atoms with Gasteiger partial charge in [-0.2, -0.15) is 0 Å². The molecule has 0 spiro atoms. The van der Waals surface area contributed by atoms with Gasteiger partial charge in [-0.15, -0.1) is 0 Å². The van der Waals surface area contributed by atoms with Crippen molar-refractivity contribution in [3.63, 3.8) is 0 Å². The monoisotopic (exact) mass is 440 g/mol. The maximum absolute atomic E-state index is 13.5. The van der Waals surface area contributed by atoms with Crippen LogP contribution in [0.15, 0.2) is 24.3 Å². The SMILES string of the molecule is COC(=O)C(C(=O)OC)[C@@H](C)[C@H](NC(=O)[C@H](Cc1cccc(F)c1)NC(C)=O)C(=O)O. The molecule has 0 saturated carbocycles. The second kappa shape index (κ2) is 11.6. The van der Waals surface area contributed by atoms with Crippen molar-refractivity contribution in [1.29, 1.82) is 0 Å². The number of benzene rings is 1. The molecule has 0 unspecified atom stereocenters. The molecule has 0 bridgehead atoms. The number of hydrogen-bond acceptors (Lipinski definition) is 7. The minimum absolute atomic E-state index is 0.124. The van der Waals surface area contributed by atoms with E-state index in [1.54, 1.807) is 0 Å². The van der Waals surface area contributed by atoms with E-state index in [9.17, 15) is 33.5 Å². The number of amides is 2. The van der Waals surface area contributed by atoms with E-state index in [4.69, 9.17) is 0 Å². The molecular formula is C20H25FN2O8. The first-order valence-electron chi connectivity index (χ1n) is 9.22. The number of carbonyl (C=O) groups is 5. The molecule has 0 aliphatic heterocycles. The Labute approximate surface area is 178 Å². The van der Waals surface area contributed by atoms with Crippen LogP contribution in [0.25, 0.3) is 0 Å². The van der Waals surface area contributed by atoms with E-state index in [1.807, 2.05) is 0 Å². The van der Waals surface area contributed by atoms with Crippen LogP contribution >= 0.6 is 0 Å². The Kier molecular flexibility index (Phi) is 9.58. The fourth-order valence-corrected chi connectivity index (χ4v) is 3.00. The fourth-order valence-electron chi connectivity index (χ4n) is 3.00. The number of nitrogens with one attached hydrogen (secondary N) is 2. The summed E-state index contributed by atoms with van der Waals surface area (Å²) in [4.78, 5) is 60.1. The summed E-state index contributed by atoms with van der Waals surface area (Å²) in [7, 11) is 2.04. The van der Waals surface area contributed by atoms with Crippen LogP contribution in [0, 0.1) is 17.7 Å². The van der Waals surface area contributed by atoms with Crippen LogP contribution in [0.3, 0.4) is 0 Å². The number of halogens is 1. The number of ether oxygens (including phenoxy) is 2. The molecule has 1 rings (SSSR count). The molecule has 2 amide bonds. The van der Waals surface area contributed by atoms with E-state index in [2.05, 4.69) is 20.1 Å². The zero-order valence-corrected chi connectivity index (χ0v) is 17.5. The minimum atomic E-state index is -1.69. The maximum atomic E-state index is 13.5. The van der Waals surface area contributed by atoms with Gasteiger partial charge in [0, 0.05) is 19.3 Å². The highest BCUT2D eigenvalue weighted by Gasteiger charge is 2.42. The summed E-state index contributed by atoms with van der Waals surface area (Å²) in [6.45, 7) is 2.42. The first-order valence-corrected chi connectivity index (χ1v) is 9.22.